The first-order valence-electron chi connectivity index (χ1n) is 4.07. The lowest BCUT2D eigenvalue weighted by molar-refractivity contribution is 0.368. The summed E-state index contributed by atoms with van der Waals surface area (Å²) in [4.78, 5) is 0. The summed E-state index contributed by atoms with van der Waals surface area (Å²) >= 11 is 5.65. The highest BCUT2D eigenvalue weighted by Crippen LogP contribution is 2.32. The Morgan fingerprint density at radius 1 is 1.29 bits per heavy atom. The third-order valence-corrected chi connectivity index (χ3v) is 2.64. The normalized spacial score (nSPS) is 19.8. The molecule has 1 aliphatic heterocycles. The summed E-state index contributed by atoms with van der Waals surface area (Å²) in [6.45, 7) is 0.830. The van der Waals surface area contributed by atoms with Gasteiger partial charge in [-0.05, 0) is 25.1 Å². The molecule has 1 nitrogen and oxygen atoms in total. The second-order valence-electron chi connectivity index (χ2n) is 3.05. The Bertz CT molecular complexity index is 340. The van der Waals surface area contributed by atoms with Crippen LogP contribution >= 0.6 is 24.0 Å². The molecule has 14 heavy (non-hydrogen) atoms. The minimum atomic E-state index is -0.563. The monoisotopic (exact) mass is 239 g/mol. The Morgan fingerprint density at radius 2 is 1.86 bits per heavy atom. The van der Waals surface area contributed by atoms with E-state index in [1.165, 1.54) is 0 Å². The number of hydrogen-bond donors (Lipinski definition) is 1. The Hall–Kier alpha value is -0.380. The van der Waals surface area contributed by atoms with Gasteiger partial charge in [0.05, 0.1) is 5.02 Å². The molecule has 78 valence electrons. The zero-order chi connectivity index (χ0) is 9.42. The maximum atomic E-state index is 13.2. The van der Waals surface area contributed by atoms with E-state index in [2.05, 4.69) is 5.32 Å². The van der Waals surface area contributed by atoms with Crippen molar-refractivity contribution >= 4 is 24.0 Å². The van der Waals surface area contributed by atoms with Crippen LogP contribution in [0.4, 0.5) is 8.78 Å². The van der Waals surface area contributed by atoms with Crippen LogP contribution in [0.2, 0.25) is 5.02 Å². The number of nitrogens with one attached hydrogen (secondary N) is 1. The van der Waals surface area contributed by atoms with Crippen LogP contribution in [0, 0.1) is 11.6 Å². The summed E-state index contributed by atoms with van der Waals surface area (Å²) < 4.78 is 26.2. The lowest BCUT2D eigenvalue weighted by Gasteiger charge is -2.29. The quantitative estimate of drug-likeness (QED) is 0.744. The van der Waals surface area contributed by atoms with Gasteiger partial charge in [-0.25, -0.2) is 8.78 Å². The molecule has 1 heterocycles. The van der Waals surface area contributed by atoms with Gasteiger partial charge >= 0.3 is 0 Å². The molecule has 0 radical (unpaired) electrons. The fourth-order valence-electron chi connectivity index (χ4n) is 1.40. The summed E-state index contributed by atoms with van der Waals surface area (Å²) in [5.74, 6) is -1.00. The number of rotatable bonds is 1. The molecule has 1 aromatic carbocycles. The van der Waals surface area contributed by atoms with Gasteiger partial charge in [0.25, 0.3) is 0 Å². The second kappa shape index (κ2) is 4.43. The molecular weight excluding hydrogens is 231 g/mol. The molecule has 1 N–H and O–H groups in total. The van der Waals surface area contributed by atoms with Crippen molar-refractivity contribution in [2.75, 3.05) is 6.54 Å². The van der Waals surface area contributed by atoms with Gasteiger partial charge in [0.15, 0.2) is 0 Å². The van der Waals surface area contributed by atoms with Crippen LogP contribution in [0.3, 0.4) is 0 Å². The van der Waals surface area contributed by atoms with Crippen LogP contribution in [0.15, 0.2) is 12.1 Å². The molecule has 2 rings (SSSR count). The minimum Gasteiger partial charge on any atom is -0.310 e. The average Bonchev–Trinajstić information content (AvgIpc) is 2.02. The van der Waals surface area contributed by atoms with E-state index in [1.54, 1.807) is 0 Å². The highest BCUT2D eigenvalue weighted by atomic mass is 35.5. The maximum Gasteiger partial charge on any atom is 0.142 e. The largest absolute Gasteiger partial charge is 0.310 e. The predicted molar refractivity (Wildman–Crippen MR) is 54.0 cm³/mol. The molecule has 1 aliphatic rings. The highest BCUT2D eigenvalue weighted by molar-refractivity contribution is 6.31. The minimum absolute atomic E-state index is 0. The van der Waals surface area contributed by atoms with Crippen molar-refractivity contribution in [2.45, 2.75) is 12.5 Å². The van der Waals surface area contributed by atoms with E-state index in [9.17, 15) is 8.78 Å². The van der Waals surface area contributed by atoms with Crippen LogP contribution in [0.1, 0.15) is 18.0 Å². The van der Waals surface area contributed by atoms with Gasteiger partial charge in [-0.2, -0.15) is 0 Å². The molecule has 1 saturated heterocycles. The molecule has 0 aromatic heterocycles. The Morgan fingerprint density at radius 3 is 2.36 bits per heavy atom. The summed E-state index contributed by atoms with van der Waals surface area (Å²) in [5, 5.41) is 2.88. The third kappa shape index (κ3) is 1.85. The van der Waals surface area contributed by atoms with Gasteiger partial charge < -0.3 is 5.32 Å². The molecule has 5 heteroatoms. The predicted octanol–water partition coefficient (Wildman–Crippen LogP) is 3.07. The zero-order valence-corrected chi connectivity index (χ0v) is 8.76. The topological polar surface area (TPSA) is 12.0 Å². The molecule has 0 amide bonds. The van der Waals surface area contributed by atoms with Crippen molar-refractivity contribution < 1.29 is 8.78 Å². The zero-order valence-electron chi connectivity index (χ0n) is 7.19. The van der Waals surface area contributed by atoms with Crippen molar-refractivity contribution in [1.29, 1.82) is 0 Å². The van der Waals surface area contributed by atoms with Gasteiger partial charge in [0.1, 0.15) is 11.6 Å². The van der Waals surface area contributed by atoms with Gasteiger partial charge in [-0.15, -0.1) is 12.4 Å². The molecule has 0 aliphatic carbocycles. The van der Waals surface area contributed by atoms with Crippen molar-refractivity contribution in [1.82, 2.24) is 5.32 Å². The van der Waals surface area contributed by atoms with Crippen LogP contribution in [0.25, 0.3) is 0 Å². The van der Waals surface area contributed by atoms with Gasteiger partial charge in [0.2, 0.25) is 0 Å². The summed E-state index contributed by atoms with van der Waals surface area (Å²) in [7, 11) is 0. The molecule has 1 aromatic rings. The molecule has 0 saturated carbocycles. The molecule has 0 spiro atoms. The summed E-state index contributed by atoms with van der Waals surface area (Å²) in [5.41, 5.74) is 0.257. The van der Waals surface area contributed by atoms with E-state index in [-0.39, 0.29) is 29.0 Å². The number of halogens is 4. The molecular formula is C9H9Cl2F2N. The van der Waals surface area contributed by atoms with Gasteiger partial charge in [-0.3, -0.25) is 0 Å². The van der Waals surface area contributed by atoms with Crippen molar-refractivity contribution in [3.8, 4) is 0 Å². The van der Waals surface area contributed by atoms with E-state index in [4.69, 9.17) is 11.6 Å². The Labute approximate surface area is 91.9 Å². The Kier molecular flexibility index (Phi) is 3.70. The summed E-state index contributed by atoms with van der Waals surface area (Å²) in [6.07, 6.45) is 0.806. The van der Waals surface area contributed by atoms with Crippen molar-refractivity contribution in [2.24, 2.45) is 0 Å². The van der Waals surface area contributed by atoms with E-state index < -0.39 is 11.6 Å². The fraction of sp³-hybridized carbons (Fsp3) is 0.333. The van der Waals surface area contributed by atoms with Crippen LogP contribution in [0.5, 0.6) is 0 Å². The summed E-state index contributed by atoms with van der Waals surface area (Å²) in [6, 6.07) is 2.03. The smallest absolute Gasteiger partial charge is 0.142 e. The number of benzene rings is 1. The van der Waals surface area contributed by atoms with Crippen molar-refractivity contribution in [3.63, 3.8) is 0 Å². The third-order valence-electron chi connectivity index (χ3n) is 2.25. The van der Waals surface area contributed by atoms with E-state index in [0.717, 1.165) is 25.1 Å². The van der Waals surface area contributed by atoms with Gasteiger partial charge in [-0.1, -0.05) is 11.6 Å². The fourth-order valence-corrected chi connectivity index (χ4v) is 1.68. The molecule has 1 fully saturated rings. The second-order valence-corrected chi connectivity index (χ2v) is 3.43. The lowest BCUT2D eigenvalue weighted by atomic mass is 9.97. The Balaban J connectivity index is 0.000000980. The first-order chi connectivity index (χ1) is 6.20. The van der Waals surface area contributed by atoms with E-state index in [1.807, 2.05) is 0 Å². The molecule has 0 unspecified atom stereocenters. The first kappa shape index (κ1) is 11.7. The first-order valence-corrected chi connectivity index (χ1v) is 4.44. The van der Waals surface area contributed by atoms with E-state index in [0.29, 0.717) is 0 Å². The maximum absolute atomic E-state index is 13.2. The van der Waals surface area contributed by atoms with Crippen LogP contribution in [-0.4, -0.2) is 6.54 Å². The highest BCUT2D eigenvalue weighted by Gasteiger charge is 2.25. The van der Waals surface area contributed by atoms with Crippen LogP contribution in [-0.2, 0) is 0 Å². The van der Waals surface area contributed by atoms with Crippen molar-refractivity contribution in [3.05, 3.63) is 34.4 Å². The number of hydrogen-bond acceptors (Lipinski definition) is 1. The molecule has 0 bridgehead atoms. The standard InChI is InChI=1S/C9H8ClF2N.ClH/c10-9-6(12)2-1-5(11)8(9)7-3-4-13-7;/h1-2,7,13H,3-4H2;1H/t7-;/m1./s1. The van der Waals surface area contributed by atoms with Gasteiger partial charge in [0, 0.05) is 11.6 Å². The van der Waals surface area contributed by atoms with E-state index >= 15 is 0 Å². The van der Waals surface area contributed by atoms with Crippen LogP contribution < -0.4 is 5.32 Å². The SMILES string of the molecule is Cl.Fc1ccc(F)c([C@H]2CCN2)c1Cl. The molecule has 1 atom stereocenters. The average molecular weight is 240 g/mol. The lowest BCUT2D eigenvalue weighted by Crippen LogP contribution is -2.35.